The first-order valence-corrected chi connectivity index (χ1v) is 8.36. The Morgan fingerprint density at radius 3 is 2.56 bits per heavy atom. The van der Waals surface area contributed by atoms with Crippen molar-refractivity contribution in [1.29, 1.82) is 0 Å². The van der Waals surface area contributed by atoms with Crippen LogP contribution in [0.5, 0.6) is 5.75 Å². The Labute approximate surface area is 148 Å². The molecule has 3 rings (SSSR count). The maximum absolute atomic E-state index is 12.8. The molecular formula is C19H15FN2O2S. The van der Waals surface area contributed by atoms with Gasteiger partial charge in [-0.25, -0.2) is 9.37 Å². The van der Waals surface area contributed by atoms with Crippen LogP contribution < -0.4 is 10.1 Å². The van der Waals surface area contributed by atoms with Crippen molar-refractivity contribution < 1.29 is 13.9 Å². The molecule has 0 aliphatic rings. The molecule has 0 unspecified atom stereocenters. The van der Waals surface area contributed by atoms with Gasteiger partial charge in [-0.1, -0.05) is 12.1 Å². The van der Waals surface area contributed by atoms with E-state index in [1.807, 2.05) is 29.6 Å². The van der Waals surface area contributed by atoms with Crippen LogP contribution in [0.1, 0.15) is 5.56 Å². The standard InChI is InChI=1S/C19H15FN2O2S/c1-24-16-9-5-14(6-10-16)17-12-25-19(21-17)22-18(23)11-4-13-2-7-15(20)8-3-13/h2-12H,1H3,(H,21,22,23). The van der Waals surface area contributed by atoms with E-state index < -0.39 is 0 Å². The van der Waals surface area contributed by atoms with Crippen molar-refractivity contribution in [2.24, 2.45) is 0 Å². The van der Waals surface area contributed by atoms with Gasteiger partial charge in [0.25, 0.3) is 0 Å². The number of hydrogen-bond donors (Lipinski definition) is 1. The van der Waals surface area contributed by atoms with Gasteiger partial charge in [0, 0.05) is 17.0 Å². The van der Waals surface area contributed by atoms with E-state index in [0.29, 0.717) is 5.13 Å². The normalized spacial score (nSPS) is 10.8. The molecule has 0 spiro atoms. The van der Waals surface area contributed by atoms with E-state index in [9.17, 15) is 9.18 Å². The van der Waals surface area contributed by atoms with Crippen molar-refractivity contribution >= 4 is 28.5 Å². The number of amides is 1. The van der Waals surface area contributed by atoms with Gasteiger partial charge in [-0.3, -0.25) is 10.1 Å². The molecule has 3 aromatic rings. The van der Waals surface area contributed by atoms with E-state index >= 15 is 0 Å². The second-order valence-corrected chi connectivity index (χ2v) is 6.00. The molecular weight excluding hydrogens is 339 g/mol. The Morgan fingerprint density at radius 2 is 1.88 bits per heavy atom. The van der Waals surface area contributed by atoms with Gasteiger partial charge in [0.1, 0.15) is 11.6 Å². The lowest BCUT2D eigenvalue weighted by Crippen LogP contribution is -2.07. The van der Waals surface area contributed by atoms with Crippen LogP contribution >= 0.6 is 11.3 Å². The maximum Gasteiger partial charge on any atom is 0.250 e. The molecule has 4 nitrogen and oxygen atoms in total. The van der Waals surface area contributed by atoms with Gasteiger partial charge >= 0.3 is 0 Å². The fourth-order valence-electron chi connectivity index (χ4n) is 2.12. The van der Waals surface area contributed by atoms with E-state index in [0.717, 1.165) is 22.6 Å². The Morgan fingerprint density at radius 1 is 1.16 bits per heavy atom. The predicted molar refractivity (Wildman–Crippen MR) is 98.2 cm³/mol. The molecule has 0 fully saturated rings. The van der Waals surface area contributed by atoms with Gasteiger partial charge in [0.15, 0.2) is 5.13 Å². The molecule has 0 saturated carbocycles. The highest BCUT2D eigenvalue weighted by atomic mass is 32.1. The molecule has 0 bridgehead atoms. The number of ether oxygens (including phenoxy) is 1. The summed E-state index contributed by atoms with van der Waals surface area (Å²) in [5, 5.41) is 5.11. The van der Waals surface area contributed by atoms with Crippen LogP contribution in [-0.2, 0) is 4.79 Å². The lowest BCUT2D eigenvalue weighted by atomic mass is 10.2. The monoisotopic (exact) mass is 354 g/mol. The van der Waals surface area contributed by atoms with Crippen molar-refractivity contribution in [2.75, 3.05) is 12.4 Å². The largest absolute Gasteiger partial charge is 0.497 e. The van der Waals surface area contributed by atoms with Crippen molar-refractivity contribution in [3.8, 4) is 17.0 Å². The smallest absolute Gasteiger partial charge is 0.250 e. The number of hydrogen-bond acceptors (Lipinski definition) is 4. The van der Waals surface area contributed by atoms with E-state index in [-0.39, 0.29) is 11.7 Å². The molecule has 1 heterocycles. The van der Waals surface area contributed by atoms with E-state index in [4.69, 9.17) is 4.74 Å². The average Bonchev–Trinajstić information content (AvgIpc) is 3.10. The Kier molecular flexibility index (Phi) is 5.20. The fraction of sp³-hybridized carbons (Fsp3) is 0.0526. The third-order valence-electron chi connectivity index (χ3n) is 3.42. The average molecular weight is 354 g/mol. The summed E-state index contributed by atoms with van der Waals surface area (Å²) in [6.07, 6.45) is 3.01. The van der Waals surface area contributed by atoms with Crippen LogP contribution in [0, 0.1) is 5.82 Å². The number of halogens is 1. The quantitative estimate of drug-likeness (QED) is 0.681. The number of carbonyl (C=O) groups excluding carboxylic acids is 1. The second-order valence-electron chi connectivity index (χ2n) is 5.14. The highest BCUT2D eigenvalue weighted by molar-refractivity contribution is 7.14. The van der Waals surface area contributed by atoms with Gasteiger partial charge in [-0.2, -0.15) is 0 Å². The molecule has 1 amide bonds. The number of nitrogens with one attached hydrogen (secondary N) is 1. The van der Waals surface area contributed by atoms with E-state index in [1.165, 1.54) is 29.5 Å². The zero-order valence-electron chi connectivity index (χ0n) is 13.4. The molecule has 126 valence electrons. The number of aromatic nitrogens is 1. The molecule has 0 aliphatic carbocycles. The minimum Gasteiger partial charge on any atom is -0.497 e. The van der Waals surface area contributed by atoms with E-state index in [1.54, 1.807) is 25.3 Å². The maximum atomic E-state index is 12.8. The third kappa shape index (κ3) is 4.51. The van der Waals surface area contributed by atoms with Crippen LogP contribution in [0.15, 0.2) is 60.0 Å². The first-order chi connectivity index (χ1) is 12.1. The number of rotatable bonds is 5. The first kappa shape index (κ1) is 16.9. The molecule has 0 saturated heterocycles. The van der Waals surface area contributed by atoms with Gasteiger partial charge < -0.3 is 4.74 Å². The van der Waals surface area contributed by atoms with Crippen molar-refractivity contribution in [3.05, 3.63) is 71.4 Å². The van der Waals surface area contributed by atoms with Gasteiger partial charge in [0.2, 0.25) is 5.91 Å². The number of benzene rings is 2. The predicted octanol–water partition coefficient (Wildman–Crippen LogP) is 4.61. The van der Waals surface area contributed by atoms with Crippen LogP contribution in [-0.4, -0.2) is 18.0 Å². The Balaban J connectivity index is 1.64. The number of anilines is 1. The molecule has 1 N–H and O–H groups in total. The first-order valence-electron chi connectivity index (χ1n) is 7.48. The molecule has 0 radical (unpaired) electrons. The van der Waals surface area contributed by atoms with Crippen LogP contribution in [0.3, 0.4) is 0 Å². The van der Waals surface area contributed by atoms with Crippen molar-refractivity contribution in [2.45, 2.75) is 0 Å². The van der Waals surface area contributed by atoms with Crippen LogP contribution in [0.4, 0.5) is 9.52 Å². The highest BCUT2D eigenvalue weighted by Crippen LogP contribution is 2.26. The topological polar surface area (TPSA) is 51.2 Å². The highest BCUT2D eigenvalue weighted by Gasteiger charge is 2.06. The third-order valence-corrected chi connectivity index (χ3v) is 4.17. The molecule has 6 heteroatoms. The molecule has 0 aliphatic heterocycles. The number of nitrogens with zero attached hydrogens (tertiary/aromatic N) is 1. The molecule has 0 atom stereocenters. The minimum absolute atomic E-state index is 0.292. The Bertz CT molecular complexity index is 887. The van der Waals surface area contributed by atoms with Crippen molar-refractivity contribution in [1.82, 2.24) is 4.98 Å². The van der Waals surface area contributed by atoms with Crippen LogP contribution in [0.2, 0.25) is 0 Å². The van der Waals surface area contributed by atoms with Gasteiger partial charge in [0.05, 0.1) is 12.8 Å². The summed E-state index contributed by atoms with van der Waals surface area (Å²) >= 11 is 1.35. The van der Waals surface area contributed by atoms with E-state index in [2.05, 4.69) is 10.3 Å². The number of thiazole rings is 1. The summed E-state index contributed by atoms with van der Waals surface area (Å²) in [6.45, 7) is 0. The SMILES string of the molecule is COc1ccc(-c2csc(NC(=O)C=Cc3ccc(F)cc3)n2)cc1. The summed E-state index contributed by atoms with van der Waals surface area (Å²) in [7, 11) is 1.62. The van der Waals surface area contributed by atoms with Gasteiger partial charge in [-0.05, 0) is 48.0 Å². The van der Waals surface area contributed by atoms with Gasteiger partial charge in [-0.15, -0.1) is 11.3 Å². The lowest BCUT2D eigenvalue weighted by Gasteiger charge is -2.00. The zero-order chi connectivity index (χ0) is 17.6. The van der Waals surface area contributed by atoms with Crippen molar-refractivity contribution in [3.63, 3.8) is 0 Å². The summed E-state index contributed by atoms with van der Waals surface area (Å²) in [5.74, 6) is 0.175. The fourth-order valence-corrected chi connectivity index (χ4v) is 2.84. The van der Waals surface area contributed by atoms with Crippen LogP contribution in [0.25, 0.3) is 17.3 Å². The Hall–Kier alpha value is -2.99. The molecule has 1 aromatic heterocycles. The number of methoxy groups -OCH3 is 1. The summed E-state index contributed by atoms with van der Waals surface area (Å²) in [4.78, 5) is 16.4. The summed E-state index contributed by atoms with van der Waals surface area (Å²) < 4.78 is 18.0. The molecule has 25 heavy (non-hydrogen) atoms. The summed E-state index contributed by atoms with van der Waals surface area (Å²) in [6, 6.07) is 13.4. The zero-order valence-corrected chi connectivity index (χ0v) is 14.2. The summed E-state index contributed by atoms with van der Waals surface area (Å²) in [5.41, 5.74) is 2.47. The number of carbonyl (C=O) groups is 1. The molecule has 2 aromatic carbocycles. The minimum atomic E-state index is -0.310. The lowest BCUT2D eigenvalue weighted by molar-refractivity contribution is -0.111. The second kappa shape index (κ2) is 7.72.